The van der Waals surface area contributed by atoms with E-state index in [0.717, 1.165) is 11.3 Å². The van der Waals surface area contributed by atoms with Crippen molar-refractivity contribution in [3.63, 3.8) is 0 Å². The lowest BCUT2D eigenvalue weighted by Gasteiger charge is -2.34. The number of nitro groups is 1. The second-order valence-corrected chi connectivity index (χ2v) is 5.92. The summed E-state index contributed by atoms with van der Waals surface area (Å²) < 4.78 is 11.1. The van der Waals surface area contributed by atoms with E-state index in [1.165, 1.54) is 12.1 Å². The molecule has 1 atom stereocenters. The summed E-state index contributed by atoms with van der Waals surface area (Å²) in [6, 6.07) is 7.37. The number of nitrogens with one attached hydrogen (secondary N) is 1. The third kappa shape index (κ3) is 3.63. The van der Waals surface area contributed by atoms with E-state index >= 15 is 0 Å². The minimum Gasteiger partial charge on any atom is -0.464 e. The van der Waals surface area contributed by atoms with Crippen LogP contribution in [0.15, 0.2) is 34.7 Å². The van der Waals surface area contributed by atoms with Gasteiger partial charge in [-0.3, -0.25) is 10.1 Å². The molecule has 1 fully saturated rings. The molecule has 1 saturated heterocycles. The molecule has 1 aliphatic rings. The summed E-state index contributed by atoms with van der Waals surface area (Å²) >= 11 is 0. The van der Waals surface area contributed by atoms with E-state index in [-0.39, 0.29) is 17.8 Å². The number of urea groups is 1. The number of carbonyl (C=O) groups is 1. The highest BCUT2D eigenvalue weighted by atomic mass is 16.6. The second kappa shape index (κ2) is 6.94. The first-order chi connectivity index (χ1) is 12.0. The fraction of sp³-hybridized carbons (Fsp3) is 0.353. The predicted octanol–water partition coefficient (Wildman–Crippen LogP) is 3.41. The molecule has 0 bridgehead atoms. The van der Waals surface area contributed by atoms with Crippen LogP contribution in [0.25, 0.3) is 0 Å². The van der Waals surface area contributed by atoms with Gasteiger partial charge in [-0.15, -0.1) is 0 Å². The number of aryl methyl sites for hydroxylation is 2. The maximum absolute atomic E-state index is 12.7. The van der Waals surface area contributed by atoms with Crippen molar-refractivity contribution in [1.82, 2.24) is 4.90 Å². The van der Waals surface area contributed by atoms with Crippen LogP contribution < -0.4 is 5.32 Å². The lowest BCUT2D eigenvalue weighted by molar-refractivity contribution is -0.384. The smallest absolute Gasteiger partial charge is 0.322 e. The minimum absolute atomic E-state index is 0.0684. The lowest BCUT2D eigenvalue weighted by Crippen LogP contribution is -2.45. The standard InChI is InChI=1S/C17H19N3O5/c1-11-3-5-13(20(22)23)9-14(11)18-17(21)19-7-8-24-10-15(19)16-6-4-12(2)25-16/h3-6,9,15H,7-8,10H2,1-2H3,(H,18,21)/t15-/m0/s1. The third-order valence-corrected chi connectivity index (χ3v) is 4.15. The molecule has 132 valence electrons. The zero-order chi connectivity index (χ0) is 18.0. The summed E-state index contributed by atoms with van der Waals surface area (Å²) in [5.41, 5.74) is 1.10. The maximum atomic E-state index is 12.7. The van der Waals surface area contributed by atoms with Gasteiger partial charge in [0.2, 0.25) is 0 Å². The average molecular weight is 345 g/mol. The van der Waals surface area contributed by atoms with E-state index < -0.39 is 4.92 Å². The molecule has 1 N–H and O–H groups in total. The molecule has 1 aliphatic heterocycles. The first kappa shape index (κ1) is 17.0. The zero-order valence-corrected chi connectivity index (χ0v) is 14.0. The first-order valence-corrected chi connectivity index (χ1v) is 7.92. The number of carbonyl (C=O) groups excluding carboxylic acids is 1. The first-order valence-electron chi connectivity index (χ1n) is 7.92. The van der Waals surface area contributed by atoms with E-state index in [9.17, 15) is 14.9 Å². The highest BCUT2D eigenvalue weighted by Gasteiger charge is 2.31. The third-order valence-electron chi connectivity index (χ3n) is 4.15. The Balaban J connectivity index is 1.81. The van der Waals surface area contributed by atoms with Crippen molar-refractivity contribution in [3.05, 3.63) is 57.5 Å². The number of nitro benzene ring substituents is 1. The van der Waals surface area contributed by atoms with Crippen molar-refractivity contribution < 1.29 is 18.9 Å². The highest BCUT2D eigenvalue weighted by molar-refractivity contribution is 5.91. The largest absolute Gasteiger partial charge is 0.464 e. The van der Waals surface area contributed by atoms with Crippen LogP contribution >= 0.6 is 0 Å². The van der Waals surface area contributed by atoms with Crippen LogP contribution in [0.3, 0.4) is 0 Å². The molecule has 8 nitrogen and oxygen atoms in total. The number of amides is 2. The van der Waals surface area contributed by atoms with Gasteiger partial charge in [-0.2, -0.15) is 0 Å². The number of furan rings is 1. The van der Waals surface area contributed by atoms with Gasteiger partial charge in [0.15, 0.2) is 0 Å². The minimum atomic E-state index is -0.488. The van der Waals surface area contributed by atoms with E-state index in [1.807, 2.05) is 19.1 Å². The normalized spacial score (nSPS) is 17.4. The van der Waals surface area contributed by atoms with Gasteiger partial charge in [0.1, 0.15) is 17.6 Å². The monoisotopic (exact) mass is 345 g/mol. The Morgan fingerprint density at radius 3 is 2.80 bits per heavy atom. The Kier molecular flexibility index (Phi) is 4.71. The van der Waals surface area contributed by atoms with Crippen molar-refractivity contribution in [3.8, 4) is 0 Å². The van der Waals surface area contributed by atoms with E-state index in [2.05, 4.69) is 5.32 Å². The quantitative estimate of drug-likeness (QED) is 0.679. The van der Waals surface area contributed by atoms with Crippen molar-refractivity contribution in [1.29, 1.82) is 0 Å². The SMILES string of the molecule is Cc1ccc([C@@H]2COCCN2C(=O)Nc2cc([N+](=O)[O-])ccc2C)o1. The van der Waals surface area contributed by atoms with Crippen LogP contribution in [-0.2, 0) is 4.74 Å². The number of hydrogen-bond acceptors (Lipinski definition) is 5. The predicted molar refractivity (Wildman–Crippen MR) is 90.6 cm³/mol. The number of ether oxygens (including phenoxy) is 1. The summed E-state index contributed by atoms with van der Waals surface area (Å²) in [6.07, 6.45) is 0. The Morgan fingerprint density at radius 1 is 1.32 bits per heavy atom. The van der Waals surface area contributed by atoms with Crippen molar-refractivity contribution >= 4 is 17.4 Å². The Labute approximate surface area is 144 Å². The molecule has 1 aromatic carbocycles. The Hall–Kier alpha value is -2.87. The summed E-state index contributed by atoms with van der Waals surface area (Å²) in [5, 5.41) is 13.7. The molecule has 2 heterocycles. The summed E-state index contributed by atoms with van der Waals surface area (Å²) in [6.45, 7) is 4.80. The number of morpholine rings is 1. The number of anilines is 1. The molecule has 0 aliphatic carbocycles. The topological polar surface area (TPSA) is 97.8 Å². The van der Waals surface area contributed by atoms with E-state index in [1.54, 1.807) is 17.9 Å². The molecule has 0 spiro atoms. The molecule has 8 heteroatoms. The van der Waals surface area contributed by atoms with Gasteiger partial charge in [0.25, 0.3) is 5.69 Å². The van der Waals surface area contributed by atoms with Crippen LogP contribution in [0, 0.1) is 24.0 Å². The van der Waals surface area contributed by atoms with Crippen molar-refractivity contribution in [2.75, 3.05) is 25.1 Å². The van der Waals surface area contributed by atoms with E-state index in [4.69, 9.17) is 9.15 Å². The number of nitrogens with zero attached hydrogens (tertiary/aromatic N) is 2. The fourth-order valence-corrected chi connectivity index (χ4v) is 2.76. The molecule has 0 saturated carbocycles. The molecular formula is C17H19N3O5. The van der Waals surface area contributed by atoms with Gasteiger partial charge in [0.05, 0.1) is 23.8 Å². The summed E-state index contributed by atoms with van der Waals surface area (Å²) in [7, 11) is 0. The summed E-state index contributed by atoms with van der Waals surface area (Å²) in [5.74, 6) is 1.42. The van der Waals surface area contributed by atoms with Gasteiger partial charge < -0.3 is 19.4 Å². The van der Waals surface area contributed by atoms with Crippen LogP contribution in [-0.4, -0.2) is 35.6 Å². The van der Waals surface area contributed by atoms with Crippen LogP contribution in [0.4, 0.5) is 16.2 Å². The maximum Gasteiger partial charge on any atom is 0.322 e. The highest BCUT2D eigenvalue weighted by Crippen LogP contribution is 2.28. The van der Waals surface area contributed by atoms with Gasteiger partial charge in [-0.05, 0) is 31.5 Å². The molecule has 0 unspecified atom stereocenters. The molecule has 2 aromatic rings. The van der Waals surface area contributed by atoms with Gasteiger partial charge in [-0.25, -0.2) is 4.79 Å². The van der Waals surface area contributed by atoms with Crippen molar-refractivity contribution in [2.45, 2.75) is 19.9 Å². The van der Waals surface area contributed by atoms with Gasteiger partial charge in [0, 0.05) is 18.7 Å². The van der Waals surface area contributed by atoms with E-state index in [0.29, 0.717) is 31.2 Å². The van der Waals surface area contributed by atoms with Gasteiger partial charge >= 0.3 is 6.03 Å². The number of benzene rings is 1. The zero-order valence-electron chi connectivity index (χ0n) is 14.0. The van der Waals surface area contributed by atoms with Gasteiger partial charge in [-0.1, -0.05) is 6.07 Å². The number of hydrogen-bond donors (Lipinski definition) is 1. The molecular weight excluding hydrogens is 326 g/mol. The molecule has 0 radical (unpaired) electrons. The second-order valence-electron chi connectivity index (χ2n) is 5.92. The van der Waals surface area contributed by atoms with Crippen LogP contribution in [0.1, 0.15) is 23.1 Å². The molecule has 2 amide bonds. The molecule has 3 rings (SSSR count). The lowest BCUT2D eigenvalue weighted by atomic mass is 10.1. The molecule has 1 aromatic heterocycles. The van der Waals surface area contributed by atoms with Crippen LogP contribution in [0.2, 0.25) is 0 Å². The fourth-order valence-electron chi connectivity index (χ4n) is 2.76. The molecule has 25 heavy (non-hydrogen) atoms. The Morgan fingerprint density at radius 2 is 2.12 bits per heavy atom. The number of non-ortho nitro benzene ring substituents is 1. The average Bonchev–Trinajstić information content (AvgIpc) is 3.03. The summed E-state index contributed by atoms with van der Waals surface area (Å²) in [4.78, 5) is 24.8. The Bertz CT molecular complexity index is 801. The van der Waals surface area contributed by atoms with Crippen molar-refractivity contribution in [2.24, 2.45) is 0 Å². The number of rotatable bonds is 3. The van der Waals surface area contributed by atoms with Crippen LogP contribution in [0.5, 0.6) is 0 Å².